The van der Waals surface area contributed by atoms with E-state index >= 15 is 0 Å². The van der Waals surface area contributed by atoms with Crippen molar-refractivity contribution in [2.75, 3.05) is 13.6 Å². The van der Waals surface area contributed by atoms with Crippen molar-refractivity contribution in [1.29, 1.82) is 0 Å². The second-order valence-corrected chi connectivity index (χ2v) is 14.2. The summed E-state index contributed by atoms with van der Waals surface area (Å²) in [5, 5.41) is 0. The van der Waals surface area contributed by atoms with E-state index in [0.29, 0.717) is 19.7 Å². The first kappa shape index (κ1) is 38.5. The van der Waals surface area contributed by atoms with Crippen molar-refractivity contribution < 1.29 is 28.5 Å². The highest BCUT2D eigenvalue weighted by Gasteiger charge is 2.30. The Balaban J connectivity index is 1.08. The zero-order valence-electron chi connectivity index (χ0n) is 29.4. The summed E-state index contributed by atoms with van der Waals surface area (Å²) in [4.78, 5) is 11.7. The first-order valence-corrected chi connectivity index (χ1v) is 19.6. The Hall–Kier alpha value is -0.950. The van der Waals surface area contributed by atoms with Gasteiger partial charge in [-0.2, -0.15) is 0 Å². The molecule has 0 aliphatic carbocycles. The molecular formula is C39H70O6. The van der Waals surface area contributed by atoms with Gasteiger partial charge in [0, 0.05) is 5.57 Å². The zero-order valence-corrected chi connectivity index (χ0v) is 29.4. The molecule has 3 heterocycles. The van der Waals surface area contributed by atoms with Crippen molar-refractivity contribution in [3.8, 4) is 0 Å². The van der Waals surface area contributed by atoms with Crippen molar-refractivity contribution in [3.05, 3.63) is 11.6 Å². The second kappa shape index (κ2) is 25.1. The van der Waals surface area contributed by atoms with Crippen LogP contribution in [0.3, 0.4) is 0 Å². The maximum Gasteiger partial charge on any atom is 0.334 e. The minimum Gasteiger partial charge on any atom is -0.455 e. The van der Waals surface area contributed by atoms with Crippen LogP contribution in [0, 0.1) is 0 Å². The van der Waals surface area contributed by atoms with E-state index in [1.165, 1.54) is 135 Å². The summed E-state index contributed by atoms with van der Waals surface area (Å²) in [6.07, 6.45) is 37.4. The second-order valence-electron chi connectivity index (χ2n) is 14.2. The Morgan fingerprint density at radius 3 is 1.20 bits per heavy atom. The first-order chi connectivity index (χ1) is 22.2. The van der Waals surface area contributed by atoms with Gasteiger partial charge in [-0.1, -0.05) is 142 Å². The lowest BCUT2D eigenvalue weighted by Gasteiger charge is -2.19. The molecule has 4 unspecified atom stereocenters. The molecule has 6 nitrogen and oxygen atoms in total. The predicted molar refractivity (Wildman–Crippen MR) is 183 cm³/mol. The molecule has 3 rings (SSSR count). The van der Waals surface area contributed by atoms with Crippen molar-refractivity contribution in [3.63, 3.8) is 0 Å². The molecule has 3 aliphatic rings. The van der Waals surface area contributed by atoms with Crippen molar-refractivity contribution >= 4 is 5.97 Å². The standard InChI is InChI=1S/C39H70O6/c1-3-4-5-6-7-8-12-15-18-21-26-35-37(43-31-41-35)28-23-24-29-38-36(42-32-44-38)27-22-19-16-13-10-9-11-14-17-20-25-34-30-33(2)45-39(34)40/h30,33,35-38H,3-29,31-32H2,1-2H3/t33-,35?,36?,37?,38?/m0/s1. The van der Waals surface area contributed by atoms with Gasteiger partial charge < -0.3 is 23.7 Å². The van der Waals surface area contributed by atoms with Crippen LogP contribution in [0.1, 0.15) is 187 Å². The third-order valence-corrected chi connectivity index (χ3v) is 10.2. The molecule has 6 heteroatoms. The molecule has 45 heavy (non-hydrogen) atoms. The normalized spacial score (nSPS) is 24.9. The Labute approximate surface area is 277 Å². The molecule has 0 saturated carbocycles. The molecule has 0 spiro atoms. The van der Waals surface area contributed by atoms with E-state index in [0.717, 1.165) is 44.1 Å². The lowest BCUT2D eigenvalue weighted by Crippen LogP contribution is -2.24. The molecule has 0 aromatic carbocycles. The van der Waals surface area contributed by atoms with Gasteiger partial charge in [0.05, 0.1) is 24.4 Å². The minimum absolute atomic E-state index is 0.0339. The molecule has 0 radical (unpaired) electrons. The van der Waals surface area contributed by atoms with Gasteiger partial charge in [-0.25, -0.2) is 4.79 Å². The number of cyclic esters (lactones) is 1. The van der Waals surface area contributed by atoms with Crippen LogP contribution in [0.5, 0.6) is 0 Å². The Bertz CT molecular complexity index is 769. The molecule has 0 aromatic heterocycles. The highest BCUT2D eigenvalue weighted by Crippen LogP contribution is 2.27. The summed E-state index contributed by atoms with van der Waals surface area (Å²) in [5.74, 6) is -0.103. The predicted octanol–water partition coefficient (Wildman–Crippen LogP) is 10.9. The van der Waals surface area contributed by atoms with E-state index in [2.05, 4.69) is 6.92 Å². The highest BCUT2D eigenvalue weighted by atomic mass is 16.7. The van der Waals surface area contributed by atoms with Crippen LogP contribution in [0.2, 0.25) is 0 Å². The van der Waals surface area contributed by atoms with Crippen LogP contribution in [0.4, 0.5) is 0 Å². The number of ether oxygens (including phenoxy) is 5. The summed E-state index contributed by atoms with van der Waals surface area (Å²) >= 11 is 0. The van der Waals surface area contributed by atoms with Crippen LogP contribution in [0.15, 0.2) is 11.6 Å². The average Bonchev–Trinajstić information content (AvgIpc) is 3.76. The fraction of sp³-hybridized carbons (Fsp3) is 0.923. The Morgan fingerprint density at radius 1 is 0.511 bits per heavy atom. The monoisotopic (exact) mass is 635 g/mol. The van der Waals surface area contributed by atoms with Gasteiger partial charge in [-0.05, 0) is 51.5 Å². The minimum atomic E-state index is -0.103. The zero-order chi connectivity index (χ0) is 31.8. The number of carbonyl (C=O) groups is 1. The maximum absolute atomic E-state index is 11.7. The van der Waals surface area contributed by atoms with Crippen LogP contribution >= 0.6 is 0 Å². The number of hydrogen-bond donors (Lipinski definition) is 0. The molecule has 2 saturated heterocycles. The van der Waals surface area contributed by atoms with Gasteiger partial charge in [0.25, 0.3) is 0 Å². The van der Waals surface area contributed by atoms with Gasteiger partial charge in [-0.3, -0.25) is 0 Å². The van der Waals surface area contributed by atoms with Gasteiger partial charge in [-0.15, -0.1) is 0 Å². The van der Waals surface area contributed by atoms with Gasteiger partial charge in [0.2, 0.25) is 0 Å². The molecule has 0 N–H and O–H groups in total. The molecule has 0 bridgehead atoms. The third kappa shape index (κ3) is 17.1. The molecule has 3 aliphatic heterocycles. The average molecular weight is 635 g/mol. The lowest BCUT2D eigenvalue weighted by molar-refractivity contribution is -0.139. The van der Waals surface area contributed by atoms with Crippen molar-refractivity contribution in [2.24, 2.45) is 0 Å². The highest BCUT2D eigenvalue weighted by molar-refractivity contribution is 5.90. The number of esters is 1. The van der Waals surface area contributed by atoms with Crippen LogP contribution in [-0.4, -0.2) is 50.1 Å². The van der Waals surface area contributed by atoms with E-state index in [4.69, 9.17) is 23.7 Å². The van der Waals surface area contributed by atoms with Crippen LogP contribution in [0.25, 0.3) is 0 Å². The molecular weight excluding hydrogens is 564 g/mol. The first-order valence-electron chi connectivity index (χ1n) is 19.6. The van der Waals surface area contributed by atoms with E-state index in [1.807, 2.05) is 13.0 Å². The summed E-state index contributed by atoms with van der Waals surface area (Å²) in [6.45, 7) is 5.16. The van der Waals surface area contributed by atoms with E-state index in [-0.39, 0.29) is 30.4 Å². The number of unbranched alkanes of at least 4 members (excludes halogenated alkanes) is 19. The fourth-order valence-corrected chi connectivity index (χ4v) is 7.35. The number of carbonyl (C=O) groups excluding carboxylic acids is 1. The third-order valence-electron chi connectivity index (χ3n) is 10.2. The van der Waals surface area contributed by atoms with E-state index in [1.54, 1.807) is 0 Å². The van der Waals surface area contributed by atoms with Crippen LogP contribution in [-0.2, 0) is 28.5 Å². The van der Waals surface area contributed by atoms with Gasteiger partial charge in [0.15, 0.2) is 0 Å². The smallest absolute Gasteiger partial charge is 0.334 e. The van der Waals surface area contributed by atoms with Gasteiger partial charge >= 0.3 is 5.97 Å². The summed E-state index contributed by atoms with van der Waals surface area (Å²) in [6, 6.07) is 0. The SMILES string of the molecule is CCCCCCCCCCCCC1OCOC1CCCCC1OCOC1CCCCCCCCCCCCC1=C[C@H](C)OC1=O. The summed E-state index contributed by atoms with van der Waals surface area (Å²) in [7, 11) is 0. The largest absolute Gasteiger partial charge is 0.455 e. The van der Waals surface area contributed by atoms with Crippen LogP contribution < -0.4 is 0 Å². The lowest BCUT2D eigenvalue weighted by atomic mass is 9.97. The molecule has 5 atom stereocenters. The summed E-state index contributed by atoms with van der Waals surface area (Å²) < 4.78 is 29.0. The van der Waals surface area contributed by atoms with E-state index in [9.17, 15) is 4.79 Å². The number of rotatable bonds is 29. The molecule has 0 aromatic rings. The molecule has 262 valence electrons. The Morgan fingerprint density at radius 2 is 0.844 bits per heavy atom. The maximum atomic E-state index is 11.7. The quantitative estimate of drug-likeness (QED) is 0.0602. The molecule has 2 fully saturated rings. The number of hydrogen-bond acceptors (Lipinski definition) is 6. The fourth-order valence-electron chi connectivity index (χ4n) is 7.35. The topological polar surface area (TPSA) is 63.2 Å². The summed E-state index contributed by atoms with van der Waals surface area (Å²) in [5.41, 5.74) is 0.885. The van der Waals surface area contributed by atoms with E-state index < -0.39 is 0 Å². The van der Waals surface area contributed by atoms with Gasteiger partial charge in [0.1, 0.15) is 19.7 Å². The van der Waals surface area contributed by atoms with Crippen molar-refractivity contribution in [1.82, 2.24) is 0 Å². The van der Waals surface area contributed by atoms with Crippen molar-refractivity contribution in [2.45, 2.75) is 218 Å². The molecule has 0 amide bonds. The Kier molecular flexibility index (Phi) is 21.5.